The Hall–Kier alpha value is -2.82. The van der Waals surface area contributed by atoms with Crippen molar-refractivity contribution in [2.75, 3.05) is 13.2 Å². The van der Waals surface area contributed by atoms with E-state index in [1.54, 1.807) is 24.0 Å². The Morgan fingerprint density at radius 2 is 2.07 bits per heavy atom. The topological polar surface area (TPSA) is 38.8 Å². The van der Waals surface area contributed by atoms with Crippen LogP contribution >= 0.6 is 0 Å². The molecule has 1 aliphatic heterocycles. The highest BCUT2D eigenvalue weighted by molar-refractivity contribution is 5.72. The number of ether oxygens (including phenoxy) is 2. The summed E-state index contributed by atoms with van der Waals surface area (Å²) in [7, 11) is 0. The predicted molar refractivity (Wildman–Crippen MR) is 102 cm³/mol. The van der Waals surface area contributed by atoms with E-state index in [2.05, 4.69) is 0 Å². The molecule has 142 valence electrons. The highest BCUT2D eigenvalue weighted by atomic mass is 19.1. The van der Waals surface area contributed by atoms with Gasteiger partial charge in [-0.25, -0.2) is 9.18 Å². The molecule has 2 aromatic carbocycles. The summed E-state index contributed by atoms with van der Waals surface area (Å²) in [6, 6.07) is 14.6. The van der Waals surface area contributed by atoms with E-state index >= 15 is 0 Å². The van der Waals surface area contributed by atoms with Crippen molar-refractivity contribution in [2.24, 2.45) is 0 Å². The van der Waals surface area contributed by atoms with Gasteiger partial charge < -0.3 is 9.47 Å². The SMILES string of the molecule is CC/C=C(/COc1ccc(F)c(C)c1)N1C(=O)OCC1Cc1ccccc1. The molecule has 4 nitrogen and oxygen atoms in total. The number of nitrogens with zero attached hydrogens (tertiary/aromatic N) is 1. The highest BCUT2D eigenvalue weighted by Crippen LogP contribution is 2.24. The minimum Gasteiger partial charge on any atom is -0.487 e. The van der Waals surface area contributed by atoms with Gasteiger partial charge in [0.25, 0.3) is 0 Å². The molecule has 1 amide bonds. The van der Waals surface area contributed by atoms with Crippen LogP contribution < -0.4 is 4.74 Å². The molecule has 0 aromatic heterocycles. The average Bonchev–Trinajstić information content (AvgIpc) is 3.02. The molecule has 1 unspecified atom stereocenters. The molecule has 0 bridgehead atoms. The van der Waals surface area contributed by atoms with Crippen LogP contribution in [0.15, 0.2) is 60.3 Å². The Balaban J connectivity index is 1.74. The maximum Gasteiger partial charge on any atom is 0.414 e. The lowest BCUT2D eigenvalue weighted by Gasteiger charge is -2.24. The summed E-state index contributed by atoms with van der Waals surface area (Å²) >= 11 is 0. The van der Waals surface area contributed by atoms with Crippen LogP contribution in [0.25, 0.3) is 0 Å². The normalized spacial score (nSPS) is 17.1. The van der Waals surface area contributed by atoms with Crippen LogP contribution in [-0.2, 0) is 11.2 Å². The van der Waals surface area contributed by atoms with E-state index in [0.29, 0.717) is 24.3 Å². The van der Waals surface area contributed by atoms with Crippen molar-refractivity contribution in [2.45, 2.75) is 32.7 Å². The van der Waals surface area contributed by atoms with Crippen LogP contribution in [0.3, 0.4) is 0 Å². The van der Waals surface area contributed by atoms with Crippen molar-refractivity contribution in [3.8, 4) is 5.75 Å². The Labute approximate surface area is 159 Å². The molecule has 0 spiro atoms. The highest BCUT2D eigenvalue weighted by Gasteiger charge is 2.35. The lowest BCUT2D eigenvalue weighted by molar-refractivity contribution is 0.161. The van der Waals surface area contributed by atoms with Gasteiger partial charge in [0.2, 0.25) is 0 Å². The molecule has 27 heavy (non-hydrogen) atoms. The largest absolute Gasteiger partial charge is 0.487 e. The summed E-state index contributed by atoms with van der Waals surface area (Å²) < 4.78 is 24.6. The molecule has 1 heterocycles. The van der Waals surface area contributed by atoms with E-state index in [0.717, 1.165) is 17.7 Å². The van der Waals surface area contributed by atoms with E-state index in [1.807, 2.05) is 43.3 Å². The van der Waals surface area contributed by atoms with Gasteiger partial charge in [0.1, 0.15) is 24.8 Å². The number of hydrogen-bond donors (Lipinski definition) is 0. The maximum absolute atomic E-state index is 13.4. The van der Waals surface area contributed by atoms with Crippen molar-refractivity contribution in [3.05, 3.63) is 77.2 Å². The maximum atomic E-state index is 13.4. The van der Waals surface area contributed by atoms with E-state index in [9.17, 15) is 9.18 Å². The second-order valence-corrected chi connectivity index (χ2v) is 6.59. The molecule has 1 aliphatic rings. The van der Waals surface area contributed by atoms with Gasteiger partial charge in [-0.05, 0) is 49.1 Å². The van der Waals surface area contributed by atoms with Gasteiger partial charge in [-0.15, -0.1) is 0 Å². The number of benzene rings is 2. The summed E-state index contributed by atoms with van der Waals surface area (Å²) in [6.07, 6.45) is 3.10. The molecule has 1 fully saturated rings. The van der Waals surface area contributed by atoms with Crippen LogP contribution in [0.2, 0.25) is 0 Å². The summed E-state index contributed by atoms with van der Waals surface area (Å²) in [5.41, 5.74) is 2.44. The minimum absolute atomic E-state index is 0.0729. The molecule has 5 heteroatoms. The molecule has 0 radical (unpaired) electrons. The van der Waals surface area contributed by atoms with Crippen molar-refractivity contribution in [3.63, 3.8) is 0 Å². The van der Waals surface area contributed by atoms with Gasteiger partial charge in [-0.3, -0.25) is 4.90 Å². The zero-order valence-electron chi connectivity index (χ0n) is 15.7. The third-order valence-electron chi connectivity index (χ3n) is 4.54. The summed E-state index contributed by atoms with van der Waals surface area (Å²) in [6.45, 7) is 4.28. The van der Waals surface area contributed by atoms with Gasteiger partial charge in [-0.1, -0.05) is 43.3 Å². The van der Waals surface area contributed by atoms with Crippen molar-refractivity contribution in [1.29, 1.82) is 0 Å². The molecule has 0 saturated carbocycles. The Morgan fingerprint density at radius 3 is 2.78 bits per heavy atom. The summed E-state index contributed by atoms with van der Waals surface area (Å²) in [5, 5.41) is 0. The third-order valence-corrected chi connectivity index (χ3v) is 4.54. The number of cyclic esters (lactones) is 1. The van der Waals surface area contributed by atoms with Crippen LogP contribution in [0, 0.1) is 12.7 Å². The van der Waals surface area contributed by atoms with Gasteiger partial charge >= 0.3 is 6.09 Å². The van der Waals surface area contributed by atoms with Gasteiger partial charge in [-0.2, -0.15) is 0 Å². The molecule has 2 aromatic rings. The second-order valence-electron chi connectivity index (χ2n) is 6.59. The average molecular weight is 369 g/mol. The molecular weight excluding hydrogens is 345 g/mol. The Morgan fingerprint density at radius 1 is 1.30 bits per heavy atom. The fourth-order valence-corrected chi connectivity index (χ4v) is 3.18. The number of hydrogen-bond acceptors (Lipinski definition) is 3. The number of aryl methyl sites for hydroxylation is 1. The first-order valence-corrected chi connectivity index (χ1v) is 9.16. The smallest absolute Gasteiger partial charge is 0.414 e. The van der Waals surface area contributed by atoms with Gasteiger partial charge in [0.15, 0.2) is 0 Å². The van der Waals surface area contributed by atoms with Crippen LogP contribution in [0.5, 0.6) is 5.75 Å². The molecule has 0 aliphatic carbocycles. The first kappa shape index (κ1) is 19.0. The number of halogens is 1. The minimum atomic E-state index is -0.352. The van der Waals surface area contributed by atoms with Crippen molar-refractivity contribution >= 4 is 6.09 Å². The van der Waals surface area contributed by atoms with Crippen LogP contribution in [0.1, 0.15) is 24.5 Å². The standard InChI is InChI=1S/C22H24FNO3/c1-3-7-18(14-26-20-10-11-21(23)16(2)12-20)24-19(15-27-22(24)25)13-17-8-5-4-6-9-17/h4-12,19H,3,13-15H2,1-2H3/b18-7-. The van der Waals surface area contributed by atoms with Crippen molar-refractivity contribution in [1.82, 2.24) is 4.90 Å². The first-order chi connectivity index (χ1) is 13.1. The second kappa shape index (κ2) is 8.71. The zero-order valence-corrected chi connectivity index (χ0v) is 15.7. The Kier molecular flexibility index (Phi) is 6.12. The van der Waals surface area contributed by atoms with E-state index < -0.39 is 0 Å². The number of carbonyl (C=O) groups excluding carboxylic acids is 1. The van der Waals surface area contributed by atoms with Gasteiger partial charge in [0.05, 0.1) is 11.7 Å². The number of rotatable bonds is 7. The fraction of sp³-hybridized carbons (Fsp3) is 0.318. The Bertz CT molecular complexity index is 820. The van der Waals surface area contributed by atoms with Gasteiger partial charge in [0, 0.05) is 0 Å². The molecule has 1 atom stereocenters. The van der Waals surface area contributed by atoms with E-state index in [4.69, 9.17) is 9.47 Å². The quantitative estimate of drug-likeness (QED) is 0.699. The summed E-state index contributed by atoms with van der Waals surface area (Å²) in [4.78, 5) is 14.0. The van der Waals surface area contributed by atoms with E-state index in [-0.39, 0.29) is 24.6 Å². The predicted octanol–water partition coefficient (Wildman–Crippen LogP) is 4.87. The number of carbonyl (C=O) groups is 1. The number of amides is 1. The van der Waals surface area contributed by atoms with E-state index in [1.165, 1.54) is 6.07 Å². The van der Waals surface area contributed by atoms with Crippen molar-refractivity contribution < 1.29 is 18.7 Å². The van der Waals surface area contributed by atoms with Crippen LogP contribution in [-0.4, -0.2) is 30.2 Å². The first-order valence-electron chi connectivity index (χ1n) is 9.16. The molecular formula is C22H24FNO3. The fourth-order valence-electron chi connectivity index (χ4n) is 3.18. The lowest BCUT2D eigenvalue weighted by atomic mass is 10.1. The molecule has 1 saturated heterocycles. The number of allylic oxidation sites excluding steroid dienone is 1. The lowest BCUT2D eigenvalue weighted by Crippen LogP contribution is -2.36. The third kappa shape index (κ3) is 4.67. The zero-order chi connectivity index (χ0) is 19.2. The monoisotopic (exact) mass is 369 g/mol. The van der Waals surface area contributed by atoms with Crippen LogP contribution in [0.4, 0.5) is 9.18 Å². The molecule has 0 N–H and O–H groups in total. The summed E-state index contributed by atoms with van der Waals surface area (Å²) in [5.74, 6) is 0.306. The molecule has 3 rings (SSSR count).